The van der Waals surface area contributed by atoms with E-state index in [1.165, 1.54) is 0 Å². The molecule has 1 fully saturated rings. The first-order valence-electron chi connectivity index (χ1n) is 7.37. The molecule has 2 rings (SSSR count). The van der Waals surface area contributed by atoms with E-state index in [1.807, 2.05) is 18.2 Å². The number of para-hydroxylation sites is 1. The predicted octanol–water partition coefficient (Wildman–Crippen LogP) is 1.63. The molecule has 2 N–H and O–H groups in total. The summed E-state index contributed by atoms with van der Waals surface area (Å²) in [6.45, 7) is 0.0871. The summed E-state index contributed by atoms with van der Waals surface area (Å²) < 4.78 is 32.0. The van der Waals surface area contributed by atoms with Crippen molar-refractivity contribution >= 4 is 16.0 Å². The van der Waals surface area contributed by atoms with Gasteiger partial charge in [-0.2, -0.15) is 0 Å². The number of aliphatic carboxylic acids is 1. The van der Waals surface area contributed by atoms with Crippen molar-refractivity contribution in [2.75, 3.05) is 12.4 Å². The molecule has 7 heteroatoms. The first-order chi connectivity index (χ1) is 10.5. The van der Waals surface area contributed by atoms with Gasteiger partial charge in [0.05, 0.1) is 11.7 Å². The molecule has 122 valence electrons. The minimum atomic E-state index is -3.41. The monoisotopic (exact) mass is 327 g/mol. The van der Waals surface area contributed by atoms with Crippen molar-refractivity contribution in [3.63, 3.8) is 0 Å². The van der Waals surface area contributed by atoms with Gasteiger partial charge in [0.1, 0.15) is 12.4 Å². The highest BCUT2D eigenvalue weighted by molar-refractivity contribution is 7.89. The molecule has 6 nitrogen and oxygen atoms in total. The summed E-state index contributed by atoms with van der Waals surface area (Å²) in [7, 11) is -3.41. The second kappa shape index (κ2) is 7.60. The molecule has 1 aliphatic rings. The molecule has 0 atom stereocenters. The summed E-state index contributed by atoms with van der Waals surface area (Å²) >= 11 is 0. The third-order valence-corrected chi connectivity index (χ3v) is 5.18. The molecule has 0 spiro atoms. The summed E-state index contributed by atoms with van der Waals surface area (Å²) in [6.07, 6.45) is 2.16. The molecule has 0 aliphatic heterocycles. The van der Waals surface area contributed by atoms with Crippen LogP contribution in [0, 0.1) is 5.92 Å². The van der Waals surface area contributed by atoms with E-state index in [9.17, 15) is 13.2 Å². The number of sulfonamides is 1. The van der Waals surface area contributed by atoms with Crippen LogP contribution in [0.15, 0.2) is 30.3 Å². The number of hydrogen-bond acceptors (Lipinski definition) is 4. The Bertz CT molecular complexity index is 579. The number of ether oxygens (including phenoxy) is 1. The number of carbonyl (C=O) groups is 1. The summed E-state index contributed by atoms with van der Waals surface area (Å²) in [5, 5.41) is 8.93. The van der Waals surface area contributed by atoms with E-state index in [2.05, 4.69) is 4.72 Å². The van der Waals surface area contributed by atoms with Crippen molar-refractivity contribution in [3.05, 3.63) is 30.3 Å². The fourth-order valence-corrected chi connectivity index (χ4v) is 3.72. The van der Waals surface area contributed by atoms with Crippen LogP contribution in [0.3, 0.4) is 0 Å². The van der Waals surface area contributed by atoms with Crippen molar-refractivity contribution in [3.8, 4) is 5.75 Å². The Morgan fingerprint density at radius 1 is 1.18 bits per heavy atom. The SMILES string of the molecule is O=C(O)C1CCC(NS(=O)(=O)CCOc2ccccc2)CC1. The number of hydrogen-bond donors (Lipinski definition) is 2. The van der Waals surface area contributed by atoms with E-state index in [-0.39, 0.29) is 24.3 Å². The van der Waals surface area contributed by atoms with Crippen LogP contribution in [0.25, 0.3) is 0 Å². The number of nitrogens with one attached hydrogen (secondary N) is 1. The van der Waals surface area contributed by atoms with Gasteiger partial charge in [-0.05, 0) is 37.8 Å². The van der Waals surface area contributed by atoms with Gasteiger partial charge in [-0.15, -0.1) is 0 Å². The number of carboxylic acid groups (broad SMARTS) is 1. The maximum absolute atomic E-state index is 12.0. The molecule has 1 aliphatic carbocycles. The van der Waals surface area contributed by atoms with E-state index in [1.54, 1.807) is 12.1 Å². The van der Waals surface area contributed by atoms with Crippen LogP contribution >= 0.6 is 0 Å². The van der Waals surface area contributed by atoms with Gasteiger partial charge < -0.3 is 9.84 Å². The maximum atomic E-state index is 12.0. The van der Waals surface area contributed by atoms with Crippen molar-refractivity contribution in [2.45, 2.75) is 31.7 Å². The Kier molecular flexibility index (Phi) is 5.79. The molecule has 0 bridgehead atoms. The molecular formula is C15H21NO5S. The van der Waals surface area contributed by atoms with Gasteiger partial charge in [0, 0.05) is 6.04 Å². The summed E-state index contributed by atoms with van der Waals surface area (Å²) in [6, 6.07) is 8.88. The van der Waals surface area contributed by atoms with E-state index in [0.29, 0.717) is 31.4 Å². The third kappa shape index (κ3) is 5.31. The third-order valence-electron chi connectivity index (χ3n) is 3.79. The lowest BCUT2D eigenvalue weighted by Crippen LogP contribution is -2.40. The summed E-state index contributed by atoms with van der Waals surface area (Å²) in [5.41, 5.74) is 0. The lowest BCUT2D eigenvalue weighted by molar-refractivity contribution is -0.142. The average molecular weight is 327 g/mol. The van der Waals surface area contributed by atoms with Crippen LogP contribution in [-0.4, -0.2) is 37.9 Å². The highest BCUT2D eigenvalue weighted by Gasteiger charge is 2.28. The van der Waals surface area contributed by atoms with E-state index >= 15 is 0 Å². The first kappa shape index (κ1) is 16.8. The van der Waals surface area contributed by atoms with Crippen LogP contribution in [0.5, 0.6) is 5.75 Å². The molecule has 1 saturated carbocycles. The Morgan fingerprint density at radius 2 is 1.82 bits per heavy atom. The van der Waals surface area contributed by atoms with Crippen LogP contribution in [0.4, 0.5) is 0 Å². The average Bonchev–Trinajstić information content (AvgIpc) is 2.48. The van der Waals surface area contributed by atoms with Gasteiger partial charge in [0.25, 0.3) is 0 Å². The van der Waals surface area contributed by atoms with Crippen molar-refractivity contribution in [1.29, 1.82) is 0 Å². The Hall–Kier alpha value is -1.60. The fourth-order valence-electron chi connectivity index (χ4n) is 2.56. The molecule has 0 unspecified atom stereocenters. The largest absolute Gasteiger partial charge is 0.492 e. The lowest BCUT2D eigenvalue weighted by Gasteiger charge is -2.26. The lowest BCUT2D eigenvalue weighted by atomic mass is 9.87. The number of benzene rings is 1. The van der Waals surface area contributed by atoms with Crippen molar-refractivity contribution in [2.24, 2.45) is 5.92 Å². The summed E-state index contributed by atoms with van der Waals surface area (Å²) in [4.78, 5) is 10.9. The molecule has 0 aromatic heterocycles. The zero-order chi connectivity index (χ0) is 16.0. The Labute approximate surface area is 130 Å². The van der Waals surface area contributed by atoms with Gasteiger partial charge >= 0.3 is 5.97 Å². The van der Waals surface area contributed by atoms with E-state index in [4.69, 9.17) is 9.84 Å². The number of rotatable bonds is 7. The van der Waals surface area contributed by atoms with Gasteiger partial charge in [-0.3, -0.25) is 4.79 Å². The molecule has 22 heavy (non-hydrogen) atoms. The molecule has 0 amide bonds. The predicted molar refractivity (Wildman–Crippen MR) is 82.2 cm³/mol. The number of carboxylic acids is 1. The second-order valence-electron chi connectivity index (χ2n) is 5.49. The highest BCUT2D eigenvalue weighted by Crippen LogP contribution is 2.24. The van der Waals surface area contributed by atoms with Crippen LogP contribution < -0.4 is 9.46 Å². The summed E-state index contributed by atoms with van der Waals surface area (Å²) in [5.74, 6) is -0.611. The zero-order valence-corrected chi connectivity index (χ0v) is 13.1. The van der Waals surface area contributed by atoms with Crippen molar-refractivity contribution < 1.29 is 23.1 Å². The fraction of sp³-hybridized carbons (Fsp3) is 0.533. The van der Waals surface area contributed by atoms with Gasteiger partial charge in [0.2, 0.25) is 10.0 Å². The maximum Gasteiger partial charge on any atom is 0.306 e. The Morgan fingerprint density at radius 3 is 2.41 bits per heavy atom. The smallest absolute Gasteiger partial charge is 0.306 e. The normalized spacial score (nSPS) is 22.2. The minimum absolute atomic E-state index is 0.0871. The second-order valence-corrected chi connectivity index (χ2v) is 7.36. The van der Waals surface area contributed by atoms with E-state index in [0.717, 1.165) is 0 Å². The molecular weight excluding hydrogens is 306 g/mol. The van der Waals surface area contributed by atoms with E-state index < -0.39 is 16.0 Å². The van der Waals surface area contributed by atoms with Gasteiger partial charge in [-0.25, -0.2) is 13.1 Å². The quantitative estimate of drug-likeness (QED) is 0.794. The van der Waals surface area contributed by atoms with Crippen LogP contribution in [-0.2, 0) is 14.8 Å². The first-order valence-corrected chi connectivity index (χ1v) is 9.02. The van der Waals surface area contributed by atoms with Crippen LogP contribution in [0.2, 0.25) is 0 Å². The zero-order valence-electron chi connectivity index (χ0n) is 12.3. The Balaban J connectivity index is 1.73. The standard InChI is InChI=1S/C15H21NO5S/c17-15(18)12-6-8-13(9-7-12)16-22(19,20)11-10-21-14-4-2-1-3-5-14/h1-5,12-13,16H,6-11H2,(H,17,18). The molecule has 1 aromatic rings. The minimum Gasteiger partial charge on any atom is -0.492 e. The molecule has 0 saturated heterocycles. The van der Waals surface area contributed by atoms with Crippen molar-refractivity contribution in [1.82, 2.24) is 4.72 Å². The van der Waals surface area contributed by atoms with Crippen LogP contribution in [0.1, 0.15) is 25.7 Å². The van der Waals surface area contributed by atoms with Gasteiger partial charge in [0.15, 0.2) is 0 Å². The van der Waals surface area contributed by atoms with Gasteiger partial charge in [-0.1, -0.05) is 18.2 Å². The topological polar surface area (TPSA) is 92.7 Å². The molecule has 0 heterocycles. The molecule has 1 aromatic carbocycles. The highest BCUT2D eigenvalue weighted by atomic mass is 32.2. The molecule has 0 radical (unpaired) electrons.